The molecular formula is C25H18BrN2O4-. The molecule has 3 aromatic carbocycles. The number of carboxylic acid groups (broad SMARTS) is 1. The largest absolute Gasteiger partial charge is 0.545 e. The van der Waals surface area contributed by atoms with Crippen molar-refractivity contribution in [2.24, 2.45) is 0 Å². The molecule has 32 heavy (non-hydrogen) atoms. The zero-order chi connectivity index (χ0) is 22.9. The second kappa shape index (κ2) is 10.9. The van der Waals surface area contributed by atoms with Crippen molar-refractivity contribution in [3.63, 3.8) is 0 Å². The Morgan fingerprint density at radius 2 is 1.50 bits per heavy atom. The molecule has 0 saturated carbocycles. The average Bonchev–Trinajstić information content (AvgIpc) is 2.79. The number of carbonyl (C=O) groups excluding carboxylic acids is 3. The molecule has 0 heterocycles. The number of halogens is 1. The molecule has 0 bridgehead atoms. The van der Waals surface area contributed by atoms with Crippen LogP contribution in [-0.2, 0) is 4.79 Å². The van der Waals surface area contributed by atoms with Crippen LogP contribution in [0, 0.1) is 0 Å². The number of nitrogens with one attached hydrogen (secondary N) is 2. The van der Waals surface area contributed by atoms with Gasteiger partial charge in [0, 0.05) is 10.2 Å². The number of anilines is 1. The molecule has 160 valence electrons. The number of allylic oxidation sites excluding steroid dienone is 2. The lowest BCUT2D eigenvalue weighted by Crippen LogP contribution is -2.31. The summed E-state index contributed by atoms with van der Waals surface area (Å²) in [6.07, 6.45) is 4.95. The smallest absolute Gasteiger partial charge is 0.272 e. The Bertz CT molecular complexity index is 1190. The average molecular weight is 490 g/mol. The summed E-state index contributed by atoms with van der Waals surface area (Å²) < 4.78 is 0.593. The van der Waals surface area contributed by atoms with E-state index in [-0.39, 0.29) is 11.3 Å². The molecule has 0 aromatic heterocycles. The van der Waals surface area contributed by atoms with Crippen molar-refractivity contribution in [3.8, 4) is 0 Å². The minimum absolute atomic E-state index is 0.00760. The monoisotopic (exact) mass is 489 g/mol. The van der Waals surface area contributed by atoms with Crippen LogP contribution in [-0.4, -0.2) is 17.8 Å². The molecule has 0 radical (unpaired) electrons. The molecule has 0 fully saturated rings. The van der Waals surface area contributed by atoms with E-state index in [0.717, 1.165) is 5.56 Å². The summed E-state index contributed by atoms with van der Waals surface area (Å²) in [6.45, 7) is 0. The minimum Gasteiger partial charge on any atom is -0.545 e. The van der Waals surface area contributed by atoms with Gasteiger partial charge in [-0.1, -0.05) is 66.7 Å². The van der Waals surface area contributed by atoms with E-state index in [2.05, 4.69) is 26.6 Å². The fourth-order valence-corrected chi connectivity index (χ4v) is 3.18. The lowest BCUT2D eigenvalue weighted by Gasteiger charge is -2.12. The van der Waals surface area contributed by atoms with E-state index < -0.39 is 17.8 Å². The number of carbonyl (C=O) groups is 3. The van der Waals surface area contributed by atoms with Crippen LogP contribution in [0.25, 0.3) is 6.08 Å². The van der Waals surface area contributed by atoms with Crippen LogP contribution in [0.4, 0.5) is 5.69 Å². The molecule has 3 rings (SSSR count). The van der Waals surface area contributed by atoms with Gasteiger partial charge in [-0.15, -0.1) is 0 Å². The number of aromatic carboxylic acids is 1. The fraction of sp³-hybridized carbons (Fsp3) is 0. The third-order valence-corrected chi connectivity index (χ3v) is 5.03. The number of hydrogen-bond donors (Lipinski definition) is 2. The molecule has 0 spiro atoms. The molecule has 0 aliphatic rings. The summed E-state index contributed by atoms with van der Waals surface area (Å²) >= 11 is 3.33. The maximum absolute atomic E-state index is 12.9. The highest BCUT2D eigenvalue weighted by atomic mass is 79.9. The molecule has 0 unspecified atom stereocenters. The predicted molar refractivity (Wildman–Crippen MR) is 125 cm³/mol. The normalized spacial score (nSPS) is 11.2. The van der Waals surface area contributed by atoms with Crippen LogP contribution in [0.15, 0.2) is 101 Å². The van der Waals surface area contributed by atoms with Crippen LogP contribution >= 0.6 is 15.9 Å². The zero-order valence-corrected chi connectivity index (χ0v) is 18.3. The van der Waals surface area contributed by atoms with Crippen LogP contribution in [0.5, 0.6) is 0 Å². The standard InChI is InChI=1S/C25H19BrN2O4/c26-21-11-5-4-10-20(21)23(29)28-22(12-6-9-17-7-2-1-3-8-17)24(30)27-19-15-13-18(14-16-19)25(31)32/h1-16H,(H,27,30)(H,28,29)(H,31,32)/p-1/b9-6+,22-12-. The second-order valence-corrected chi connectivity index (χ2v) is 7.46. The van der Waals surface area contributed by atoms with Gasteiger partial charge in [0.15, 0.2) is 0 Å². The van der Waals surface area contributed by atoms with E-state index in [1.807, 2.05) is 30.3 Å². The minimum atomic E-state index is -1.31. The van der Waals surface area contributed by atoms with Crippen LogP contribution in [0.3, 0.4) is 0 Å². The van der Waals surface area contributed by atoms with Gasteiger partial charge in [0.05, 0.1) is 11.5 Å². The van der Waals surface area contributed by atoms with E-state index in [4.69, 9.17) is 0 Å². The highest BCUT2D eigenvalue weighted by Crippen LogP contribution is 2.16. The lowest BCUT2D eigenvalue weighted by molar-refractivity contribution is -0.255. The second-order valence-electron chi connectivity index (χ2n) is 6.60. The first kappa shape index (κ1) is 22.7. The van der Waals surface area contributed by atoms with E-state index in [1.54, 1.807) is 36.4 Å². The van der Waals surface area contributed by atoms with Gasteiger partial charge in [-0.25, -0.2) is 0 Å². The zero-order valence-electron chi connectivity index (χ0n) is 16.7. The van der Waals surface area contributed by atoms with Crippen molar-refractivity contribution in [1.29, 1.82) is 0 Å². The Morgan fingerprint density at radius 1 is 0.844 bits per heavy atom. The van der Waals surface area contributed by atoms with E-state index >= 15 is 0 Å². The Balaban J connectivity index is 1.83. The molecule has 0 aliphatic heterocycles. The summed E-state index contributed by atoms with van der Waals surface area (Å²) in [6, 6.07) is 21.9. The van der Waals surface area contributed by atoms with Crippen molar-refractivity contribution in [2.75, 3.05) is 5.32 Å². The maximum atomic E-state index is 12.9. The van der Waals surface area contributed by atoms with Crippen molar-refractivity contribution in [1.82, 2.24) is 5.32 Å². The molecule has 3 aromatic rings. The number of amides is 2. The SMILES string of the molecule is O=C(Nc1ccc(C(=O)[O-])cc1)/C(=C/C=C/c1ccccc1)NC(=O)c1ccccc1Br. The first-order valence-electron chi connectivity index (χ1n) is 9.56. The Kier molecular flexibility index (Phi) is 7.72. The van der Waals surface area contributed by atoms with E-state index in [9.17, 15) is 19.5 Å². The Labute approximate surface area is 193 Å². The molecule has 2 amide bonds. The summed E-state index contributed by atoms with van der Waals surface area (Å²) in [4.78, 5) is 36.5. The topological polar surface area (TPSA) is 98.3 Å². The molecule has 0 aliphatic carbocycles. The van der Waals surface area contributed by atoms with Gasteiger partial charge in [-0.2, -0.15) is 0 Å². The van der Waals surface area contributed by atoms with Gasteiger partial charge in [0.25, 0.3) is 11.8 Å². The summed E-state index contributed by atoms with van der Waals surface area (Å²) in [5.74, 6) is -2.33. The highest BCUT2D eigenvalue weighted by molar-refractivity contribution is 9.10. The van der Waals surface area contributed by atoms with Crippen LogP contribution < -0.4 is 15.7 Å². The number of rotatable bonds is 7. The van der Waals surface area contributed by atoms with Crippen molar-refractivity contribution in [2.45, 2.75) is 0 Å². The molecule has 6 nitrogen and oxygen atoms in total. The molecule has 2 N–H and O–H groups in total. The van der Waals surface area contributed by atoms with Gasteiger partial charge in [0.2, 0.25) is 0 Å². The van der Waals surface area contributed by atoms with Crippen LogP contribution in [0.1, 0.15) is 26.3 Å². The van der Waals surface area contributed by atoms with Gasteiger partial charge in [-0.3, -0.25) is 9.59 Å². The van der Waals surface area contributed by atoms with Gasteiger partial charge in [-0.05, 0) is 57.4 Å². The van der Waals surface area contributed by atoms with Gasteiger partial charge >= 0.3 is 0 Å². The van der Waals surface area contributed by atoms with Crippen molar-refractivity contribution in [3.05, 3.63) is 118 Å². The first-order valence-corrected chi connectivity index (χ1v) is 10.4. The third-order valence-electron chi connectivity index (χ3n) is 4.34. The Hall–Kier alpha value is -3.97. The van der Waals surface area contributed by atoms with E-state index in [1.165, 1.54) is 30.3 Å². The van der Waals surface area contributed by atoms with Crippen LogP contribution in [0.2, 0.25) is 0 Å². The summed E-state index contributed by atoms with van der Waals surface area (Å²) in [5.41, 5.74) is 1.68. The quantitative estimate of drug-likeness (QED) is 0.389. The third kappa shape index (κ3) is 6.26. The number of carboxylic acids is 1. The molecule has 0 saturated heterocycles. The summed E-state index contributed by atoms with van der Waals surface area (Å²) in [7, 11) is 0. The number of hydrogen-bond acceptors (Lipinski definition) is 4. The Morgan fingerprint density at radius 3 is 2.16 bits per heavy atom. The van der Waals surface area contributed by atoms with Gasteiger partial charge in [0.1, 0.15) is 5.70 Å². The highest BCUT2D eigenvalue weighted by Gasteiger charge is 2.16. The lowest BCUT2D eigenvalue weighted by atomic mass is 10.2. The summed E-state index contributed by atoms with van der Waals surface area (Å²) in [5, 5.41) is 16.2. The van der Waals surface area contributed by atoms with E-state index in [0.29, 0.717) is 15.7 Å². The molecule has 7 heteroatoms. The fourth-order valence-electron chi connectivity index (χ4n) is 2.72. The molecule has 0 atom stereocenters. The molecular weight excluding hydrogens is 472 g/mol. The van der Waals surface area contributed by atoms with Crippen molar-refractivity contribution < 1.29 is 19.5 Å². The predicted octanol–water partition coefficient (Wildman–Crippen LogP) is 3.78. The first-order chi connectivity index (χ1) is 15.4. The van der Waals surface area contributed by atoms with Gasteiger partial charge < -0.3 is 20.5 Å². The maximum Gasteiger partial charge on any atom is 0.272 e. The number of benzene rings is 3. The van der Waals surface area contributed by atoms with Crippen molar-refractivity contribution >= 4 is 45.5 Å².